The highest BCUT2D eigenvalue weighted by molar-refractivity contribution is 9.09. The molecule has 0 atom stereocenters. The molecule has 0 radical (unpaired) electrons. The molecule has 0 amide bonds. The Bertz CT molecular complexity index is 1960. The Labute approximate surface area is 682 Å². The molecule has 16 nitrogen and oxygen atoms in total. The number of rotatable bonds is 54. The molecule has 0 aromatic heterocycles. The number of methoxy groups -OCH3 is 1. The molecule has 0 aromatic rings. The lowest BCUT2D eigenvalue weighted by Crippen LogP contribution is -2.20. The van der Waals surface area contributed by atoms with Gasteiger partial charge in [-0.15, -0.1) is 49.9 Å². The maximum Gasteiger partial charge on any atom is 0.314 e. The average molecular weight is 1660 g/mol. The molecular weight excluding hydrogens is 1490 g/mol. The van der Waals surface area contributed by atoms with Crippen molar-refractivity contribution in [1.82, 2.24) is 4.90 Å². The van der Waals surface area contributed by atoms with Crippen molar-refractivity contribution < 1.29 is 68.2 Å². The molecular formula is C90H166Br2N2O14. The van der Waals surface area contributed by atoms with Crippen molar-refractivity contribution in [1.29, 1.82) is 0 Å². The van der Waals surface area contributed by atoms with Gasteiger partial charge in [0.1, 0.15) is 17.3 Å². The normalized spacial score (nSPS) is 10.9. The summed E-state index contributed by atoms with van der Waals surface area (Å²) in [4.78, 5) is 73.2. The highest BCUT2D eigenvalue weighted by atomic mass is 79.9. The van der Waals surface area contributed by atoms with E-state index in [0.29, 0.717) is 36.7 Å². The van der Waals surface area contributed by atoms with Crippen molar-refractivity contribution in [2.45, 2.75) is 396 Å². The van der Waals surface area contributed by atoms with E-state index in [0.717, 1.165) is 84.0 Å². The van der Waals surface area contributed by atoms with E-state index in [2.05, 4.69) is 96.6 Å². The molecule has 2 fully saturated rings. The van der Waals surface area contributed by atoms with Crippen LogP contribution in [0, 0.1) is 61.7 Å². The molecule has 6 N–H and O–H groups in total. The van der Waals surface area contributed by atoms with E-state index in [1.54, 1.807) is 0 Å². The number of aliphatic carboxylic acids is 1. The van der Waals surface area contributed by atoms with E-state index in [-0.39, 0.29) is 68.5 Å². The Kier molecular flexibility index (Phi) is 146. The molecule has 108 heavy (non-hydrogen) atoms. The quantitative estimate of drug-likeness (QED) is 0.0125. The van der Waals surface area contributed by atoms with Gasteiger partial charge in [-0.2, -0.15) is 0 Å². The van der Waals surface area contributed by atoms with Gasteiger partial charge in [-0.1, -0.05) is 283 Å². The first kappa shape index (κ1) is 124. The standard InChI is InChI=1S/C22H45N.C18H39N.C8H14O.C7H8.C6H10O3.C5H8O3.C5H10O2.C5H12O.C4H4O3.C4H10O.2C3H3Br/c1-2-3-4-5-6-7-8-9-10-11-12-13-14-15-16-17-20-23-21-18-19-22-23;1-2-3-4-5-6-7-8-9-10-11-12-13-14-15-16-17-18-19;1-2-3-4-5-6-7-8-9;1-3-5-7-6-4-2;1-5(7)3-4-6(8)9-2;1-4(6)2-3-5(7)8;1-5(7)3-2-4-6;1-2-3-4-5-6;5-3-1-2-4(6)7-3;1-3-5-4-2;2*1-2-3-4/h2-22H2,1H3;2-19H2,1H3;1,9H,3-8H2;1-2H,5-7H2;3-4H2,1-2H3;2-3H2,1H3,(H,7,8);6H,2-4H2,1H3;6H,2-5H2,1H3;1-2H2;3-4H2,1-2H3;2*1H,3H2. The van der Waals surface area contributed by atoms with Crippen LogP contribution in [0.25, 0.3) is 0 Å². The molecule has 634 valence electrons. The minimum absolute atomic E-state index is 0.0143. The number of terminal acetylenes is 5. The van der Waals surface area contributed by atoms with E-state index in [4.69, 9.17) is 63.0 Å². The fourth-order valence-corrected chi connectivity index (χ4v) is 9.56. The molecule has 0 aliphatic carbocycles. The number of likely N-dealkylation sites (tertiary alicyclic amines) is 1. The van der Waals surface area contributed by atoms with E-state index in [9.17, 15) is 33.6 Å². The van der Waals surface area contributed by atoms with E-state index in [1.807, 2.05) is 13.8 Å². The Morgan fingerprint density at radius 2 is 0.704 bits per heavy atom. The van der Waals surface area contributed by atoms with Gasteiger partial charge in [0.2, 0.25) is 0 Å². The number of ether oxygens (including phenoxy) is 3. The van der Waals surface area contributed by atoms with Gasteiger partial charge in [0.25, 0.3) is 0 Å². The average Bonchev–Trinajstić information content (AvgIpc) is 1.84. The maximum absolute atomic E-state index is 10.3. The highest BCUT2D eigenvalue weighted by Crippen LogP contribution is 2.16. The van der Waals surface area contributed by atoms with Crippen LogP contribution in [0.2, 0.25) is 0 Å². The third kappa shape index (κ3) is 166. The zero-order valence-electron chi connectivity index (χ0n) is 70.8. The summed E-state index contributed by atoms with van der Waals surface area (Å²) in [5.74, 6) is 10.3. The van der Waals surface area contributed by atoms with Gasteiger partial charge < -0.3 is 59.7 Å². The van der Waals surface area contributed by atoms with Gasteiger partial charge in [0.05, 0.1) is 43.5 Å². The molecule has 2 saturated heterocycles. The largest absolute Gasteiger partial charge is 0.481 e. The Morgan fingerprint density at radius 3 is 0.935 bits per heavy atom. The van der Waals surface area contributed by atoms with Crippen LogP contribution in [-0.2, 0) is 47.8 Å². The minimum Gasteiger partial charge on any atom is -0.481 e. The van der Waals surface area contributed by atoms with Gasteiger partial charge >= 0.3 is 23.9 Å². The number of carboxylic acid groups (broad SMARTS) is 1. The van der Waals surface area contributed by atoms with Crippen LogP contribution in [0.5, 0.6) is 0 Å². The van der Waals surface area contributed by atoms with Gasteiger partial charge in [-0.3, -0.25) is 19.2 Å². The first-order valence-corrected chi connectivity index (χ1v) is 44.1. The summed E-state index contributed by atoms with van der Waals surface area (Å²) in [7, 11) is 1.31. The molecule has 0 saturated carbocycles. The molecule has 2 aliphatic rings. The van der Waals surface area contributed by atoms with Crippen molar-refractivity contribution in [2.75, 3.05) is 77.0 Å². The number of cyclic esters (lactones) is 2. The number of esters is 3. The first-order valence-electron chi connectivity index (χ1n) is 41.8. The first-order chi connectivity index (χ1) is 52.2. The number of carbonyl (C=O) groups excluding carboxylic acids is 6. The summed E-state index contributed by atoms with van der Waals surface area (Å²) < 4.78 is 13.2. The summed E-state index contributed by atoms with van der Waals surface area (Å²) in [6.07, 6.45) is 87.0. The summed E-state index contributed by atoms with van der Waals surface area (Å²) in [5.41, 5.74) is 5.48. The zero-order chi connectivity index (χ0) is 83.5. The number of alkyl halides is 2. The Balaban J connectivity index is -0.000000127. The van der Waals surface area contributed by atoms with Crippen LogP contribution in [0.15, 0.2) is 0 Å². The van der Waals surface area contributed by atoms with Crippen LogP contribution in [0.3, 0.4) is 0 Å². The lowest BCUT2D eigenvalue weighted by molar-refractivity contribution is -0.152. The Hall–Kier alpha value is -4.39. The number of unbranched alkanes of at least 4 members (excludes halogenated alkanes) is 38. The Morgan fingerprint density at radius 1 is 0.417 bits per heavy atom. The van der Waals surface area contributed by atoms with Gasteiger partial charge in [0.15, 0.2) is 0 Å². The SMILES string of the molecule is C#CCBr.C#CCBr.C#CCCCC#C.C#CCCCCCCO.CC(=O)CCC(=O)O.CC(=O)CCCO.CCCCCCCCCCCCCCCCCCN.CCCCCCCCCCCCCCCCCCN1CCCC1.CCCCCO.CCOCC.COC(=O)CCC(C)=O.O=C1CCC(=O)O1. The number of nitrogens with zero attached hydrogens (tertiary/aromatic N) is 1. The number of carboxylic acids is 1. The van der Waals surface area contributed by atoms with Gasteiger partial charge in [0, 0.05) is 71.6 Å². The third-order valence-electron chi connectivity index (χ3n) is 15.8. The molecule has 2 aliphatic heterocycles. The van der Waals surface area contributed by atoms with Crippen molar-refractivity contribution in [3.05, 3.63) is 0 Å². The van der Waals surface area contributed by atoms with Crippen molar-refractivity contribution in [3.8, 4) is 61.7 Å². The third-order valence-corrected chi connectivity index (χ3v) is 16.5. The predicted octanol–water partition coefficient (Wildman–Crippen LogP) is 21.9. The number of carbonyl (C=O) groups is 7. The van der Waals surface area contributed by atoms with E-state index in [1.165, 1.54) is 272 Å². The number of nitrogens with two attached hydrogens (primary N) is 1. The highest BCUT2D eigenvalue weighted by Gasteiger charge is 2.19. The smallest absolute Gasteiger partial charge is 0.314 e. The van der Waals surface area contributed by atoms with Crippen molar-refractivity contribution in [3.63, 3.8) is 0 Å². The number of aliphatic hydroxyl groups is 3. The molecule has 2 rings (SSSR count). The second-order valence-corrected chi connectivity index (χ2v) is 27.6. The minimum atomic E-state index is -0.916. The monoisotopic (exact) mass is 1660 g/mol. The number of halogens is 2. The van der Waals surface area contributed by atoms with E-state index >= 15 is 0 Å². The van der Waals surface area contributed by atoms with Crippen molar-refractivity contribution >= 4 is 73.1 Å². The van der Waals surface area contributed by atoms with E-state index < -0.39 is 17.9 Å². The van der Waals surface area contributed by atoms with Gasteiger partial charge in [-0.25, -0.2) is 0 Å². The van der Waals surface area contributed by atoms with Crippen LogP contribution < -0.4 is 5.73 Å². The molecule has 0 aromatic carbocycles. The van der Waals surface area contributed by atoms with Gasteiger partial charge in [-0.05, 0) is 119 Å². The lowest BCUT2D eigenvalue weighted by atomic mass is 10.0. The number of Topliss-reactive ketones (excluding diaryl/α,β-unsaturated/α-hetero) is 3. The molecule has 2 heterocycles. The fourth-order valence-electron chi connectivity index (χ4n) is 9.56. The van der Waals surface area contributed by atoms with Crippen LogP contribution in [0.1, 0.15) is 396 Å². The summed E-state index contributed by atoms with van der Waals surface area (Å²) in [5, 5.41) is 34.1. The molecule has 0 unspecified atom stereocenters. The fraction of sp³-hybridized carbons (Fsp3) is 0.811. The number of hydrogen-bond donors (Lipinski definition) is 5. The van der Waals surface area contributed by atoms with Crippen molar-refractivity contribution in [2.24, 2.45) is 5.73 Å². The zero-order valence-corrected chi connectivity index (χ0v) is 74.0. The van der Waals surface area contributed by atoms with Crippen LogP contribution in [-0.4, -0.2) is 144 Å². The van der Waals surface area contributed by atoms with Crippen LogP contribution in [0.4, 0.5) is 0 Å². The second kappa shape index (κ2) is 126. The molecule has 18 heteroatoms. The number of hydrogen-bond acceptors (Lipinski definition) is 15. The predicted molar refractivity (Wildman–Crippen MR) is 465 cm³/mol. The molecule has 0 bridgehead atoms. The number of aliphatic hydroxyl groups excluding tert-OH is 3. The summed E-state index contributed by atoms with van der Waals surface area (Å²) >= 11 is 6.02. The lowest BCUT2D eigenvalue weighted by Gasteiger charge is -2.13. The summed E-state index contributed by atoms with van der Waals surface area (Å²) in [6, 6.07) is 0. The summed E-state index contributed by atoms with van der Waals surface area (Å²) in [6.45, 7) is 22.5. The second-order valence-electron chi connectivity index (χ2n) is 26.4. The molecule has 0 spiro atoms. The topological polar surface area (TPSA) is 257 Å². The maximum atomic E-state index is 10.3. The number of ketones is 3. The van der Waals surface area contributed by atoms with Crippen LogP contribution >= 0.6 is 31.9 Å².